The van der Waals surface area contributed by atoms with Crippen molar-refractivity contribution in [1.29, 1.82) is 0 Å². The van der Waals surface area contributed by atoms with Crippen LogP contribution in [0.25, 0.3) is 31.8 Å². The van der Waals surface area contributed by atoms with Crippen molar-refractivity contribution in [2.24, 2.45) is 0 Å². The van der Waals surface area contributed by atoms with Gasteiger partial charge in [0.1, 0.15) is 17.7 Å². The van der Waals surface area contributed by atoms with Crippen molar-refractivity contribution < 1.29 is 23.4 Å². The maximum Gasteiger partial charge on any atom is 0.412 e. The van der Waals surface area contributed by atoms with Gasteiger partial charge in [-0.3, -0.25) is 10.3 Å². The number of anilines is 1. The maximum absolute atomic E-state index is 14.9. The molecule has 0 aliphatic carbocycles. The van der Waals surface area contributed by atoms with E-state index >= 15 is 0 Å². The van der Waals surface area contributed by atoms with Crippen LogP contribution in [0.4, 0.5) is 14.9 Å². The molecule has 0 saturated heterocycles. The zero-order valence-corrected chi connectivity index (χ0v) is 21.7. The molecule has 9 nitrogen and oxygen atoms in total. The first-order valence-electron chi connectivity index (χ1n) is 11.9. The highest BCUT2D eigenvalue weighted by Crippen LogP contribution is 2.37. The molecule has 1 N–H and O–H groups in total. The van der Waals surface area contributed by atoms with Crippen LogP contribution < -0.4 is 14.8 Å². The Kier molecular flexibility index (Phi) is 7.27. The molecular formula is C27H24FN5O4S. The van der Waals surface area contributed by atoms with E-state index in [0.717, 1.165) is 15.8 Å². The number of nitrogens with zero attached hydrogens (tertiary/aromatic N) is 4. The van der Waals surface area contributed by atoms with Gasteiger partial charge in [0.25, 0.3) is 0 Å². The first-order chi connectivity index (χ1) is 18.4. The maximum atomic E-state index is 14.9. The third-order valence-electron chi connectivity index (χ3n) is 5.71. The van der Waals surface area contributed by atoms with Crippen molar-refractivity contribution in [3.8, 4) is 22.2 Å². The SMILES string of the molecule is CC[C@H](COc1cc2sc(-c3cc(C)cc4nc(OC)cnc34)nc2cc1F)OC(=O)Nc1cccnc1. The van der Waals surface area contributed by atoms with Gasteiger partial charge >= 0.3 is 6.09 Å². The number of methoxy groups -OCH3 is 1. The number of halogens is 1. The fraction of sp³-hybridized carbons (Fsp3) is 0.222. The predicted octanol–water partition coefficient (Wildman–Crippen LogP) is 6.16. The van der Waals surface area contributed by atoms with E-state index in [4.69, 9.17) is 14.2 Å². The summed E-state index contributed by atoms with van der Waals surface area (Å²) >= 11 is 1.40. The van der Waals surface area contributed by atoms with E-state index in [9.17, 15) is 9.18 Å². The molecule has 0 fully saturated rings. The number of benzene rings is 2. The van der Waals surface area contributed by atoms with Gasteiger partial charge in [-0.05, 0) is 43.2 Å². The van der Waals surface area contributed by atoms with Crippen molar-refractivity contribution in [1.82, 2.24) is 19.9 Å². The molecule has 0 radical (unpaired) electrons. The molecule has 0 bridgehead atoms. The Labute approximate surface area is 221 Å². The minimum absolute atomic E-state index is 0.00894. The Morgan fingerprint density at radius 2 is 2.03 bits per heavy atom. The van der Waals surface area contributed by atoms with E-state index in [1.165, 1.54) is 23.6 Å². The molecular weight excluding hydrogens is 509 g/mol. The summed E-state index contributed by atoms with van der Waals surface area (Å²) in [6, 6.07) is 10.3. The fourth-order valence-corrected chi connectivity index (χ4v) is 4.81. The van der Waals surface area contributed by atoms with Crippen molar-refractivity contribution in [2.75, 3.05) is 19.0 Å². The van der Waals surface area contributed by atoms with Crippen molar-refractivity contribution in [3.05, 3.63) is 66.4 Å². The van der Waals surface area contributed by atoms with Crippen molar-refractivity contribution >= 4 is 44.4 Å². The number of thiazole rings is 1. The highest BCUT2D eigenvalue weighted by atomic mass is 32.1. The lowest BCUT2D eigenvalue weighted by atomic mass is 10.1. The van der Waals surface area contributed by atoms with Gasteiger partial charge in [-0.2, -0.15) is 0 Å². The van der Waals surface area contributed by atoms with Gasteiger partial charge in [-0.1, -0.05) is 6.92 Å². The van der Waals surface area contributed by atoms with Gasteiger partial charge < -0.3 is 14.2 Å². The third-order valence-corrected chi connectivity index (χ3v) is 6.76. The van der Waals surface area contributed by atoms with Crippen molar-refractivity contribution in [2.45, 2.75) is 26.4 Å². The largest absolute Gasteiger partial charge is 0.487 e. The van der Waals surface area contributed by atoms with E-state index in [-0.39, 0.29) is 12.4 Å². The Morgan fingerprint density at radius 3 is 2.79 bits per heavy atom. The van der Waals surface area contributed by atoms with Gasteiger partial charge in [0, 0.05) is 23.9 Å². The summed E-state index contributed by atoms with van der Waals surface area (Å²) in [5.74, 6) is -0.0742. The number of pyridine rings is 1. The second-order valence-electron chi connectivity index (χ2n) is 8.48. The second kappa shape index (κ2) is 10.9. The van der Waals surface area contributed by atoms with E-state index in [1.54, 1.807) is 37.7 Å². The lowest BCUT2D eigenvalue weighted by Crippen LogP contribution is -2.27. The van der Waals surface area contributed by atoms with Crippen LogP contribution in [0.2, 0.25) is 0 Å². The summed E-state index contributed by atoms with van der Waals surface area (Å²) in [7, 11) is 1.54. The van der Waals surface area contributed by atoms with Gasteiger partial charge in [-0.15, -0.1) is 11.3 Å². The average Bonchev–Trinajstić information content (AvgIpc) is 3.33. The van der Waals surface area contributed by atoms with Crippen LogP contribution in [0.1, 0.15) is 18.9 Å². The number of carbonyl (C=O) groups is 1. The van der Waals surface area contributed by atoms with Gasteiger partial charge in [-0.25, -0.2) is 24.1 Å². The topological polar surface area (TPSA) is 108 Å². The Balaban J connectivity index is 1.35. The molecule has 0 spiro atoms. The number of aromatic nitrogens is 4. The third kappa shape index (κ3) is 5.47. The zero-order chi connectivity index (χ0) is 26.6. The molecule has 0 aliphatic rings. The van der Waals surface area contributed by atoms with Crippen LogP contribution in [0, 0.1) is 12.7 Å². The van der Waals surface area contributed by atoms with Gasteiger partial charge in [0.2, 0.25) is 5.88 Å². The number of hydrogen-bond acceptors (Lipinski definition) is 9. The molecule has 5 rings (SSSR count). The van der Waals surface area contributed by atoms with E-state index < -0.39 is 18.0 Å². The fourth-order valence-electron chi connectivity index (χ4n) is 3.82. The number of fused-ring (bicyclic) bond motifs is 2. The minimum Gasteiger partial charge on any atom is -0.487 e. The molecule has 0 saturated carbocycles. The molecule has 1 amide bonds. The average molecular weight is 534 g/mol. The Hall–Kier alpha value is -4.38. The van der Waals surface area contributed by atoms with Crippen LogP contribution >= 0.6 is 11.3 Å². The molecule has 1 atom stereocenters. The van der Waals surface area contributed by atoms with E-state index in [1.807, 2.05) is 26.0 Å². The molecule has 5 aromatic rings. The minimum atomic E-state index is -0.637. The molecule has 11 heteroatoms. The highest BCUT2D eigenvalue weighted by Gasteiger charge is 2.18. The quantitative estimate of drug-likeness (QED) is 0.253. The van der Waals surface area contributed by atoms with Crippen LogP contribution in [0.3, 0.4) is 0 Å². The highest BCUT2D eigenvalue weighted by molar-refractivity contribution is 7.21. The Bertz CT molecular complexity index is 1610. The van der Waals surface area contributed by atoms with E-state index in [2.05, 4.69) is 25.3 Å². The number of amides is 1. The second-order valence-corrected chi connectivity index (χ2v) is 9.51. The predicted molar refractivity (Wildman–Crippen MR) is 143 cm³/mol. The summed E-state index contributed by atoms with van der Waals surface area (Å²) in [5, 5.41) is 3.29. The molecule has 3 aromatic heterocycles. The monoisotopic (exact) mass is 533 g/mol. The summed E-state index contributed by atoms with van der Waals surface area (Å²) in [6.07, 6.45) is 3.95. The molecule has 38 heavy (non-hydrogen) atoms. The standard InChI is InChI=1S/C27H24FN5O4S/c1-4-17(37-27(34)31-16-6-5-7-29-12-16)14-36-22-11-23-20(10-19(22)28)33-26(38-23)18-8-15(2)9-21-25(18)30-13-24(32-21)35-3/h5-13,17H,4,14H2,1-3H3,(H,31,34)/t17-/m1/s1. The number of nitrogens with one attached hydrogen (secondary N) is 1. The van der Waals surface area contributed by atoms with Crippen LogP contribution in [-0.4, -0.2) is 45.8 Å². The van der Waals surface area contributed by atoms with Gasteiger partial charge in [0.15, 0.2) is 11.6 Å². The normalized spacial score (nSPS) is 11.9. The summed E-state index contributed by atoms with van der Waals surface area (Å²) in [4.78, 5) is 29.8. The zero-order valence-electron chi connectivity index (χ0n) is 20.9. The molecule has 3 heterocycles. The lowest BCUT2D eigenvalue weighted by Gasteiger charge is -2.17. The smallest absolute Gasteiger partial charge is 0.412 e. The first-order valence-corrected chi connectivity index (χ1v) is 12.7. The number of hydrogen-bond donors (Lipinski definition) is 1. The molecule has 0 aliphatic heterocycles. The molecule has 0 unspecified atom stereocenters. The summed E-state index contributed by atoms with van der Waals surface area (Å²) in [5.41, 5.74) is 4.18. The molecule has 2 aromatic carbocycles. The Morgan fingerprint density at radius 1 is 1.16 bits per heavy atom. The summed E-state index contributed by atoms with van der Waals surface area (Å²) in [6.45, 7) is 3.81. The molecule has 194 valence electrons. The van der Waals surface area contributed by atoms with Crippen LogP contribution in [0.5, 0.6) is 11.6 Å². The number of rotatable bonds is 8. The van der Waals surface area contributed by atoms with Crippen LogP contribution in [-0.2, 0) is 4.74 Å². The number of aryl methyl sites for hydroxylation is 1. The number of carbonyl (C=O) groups excluding carboxylic acids is 1. The van der Waals surface area contributed by atoms with Crippen molar-refractivity contribution in [3.63, 3.8) is 0 Å². The van der Waals surface area contributed by atoms with Gasteiger partial charge in [0.05, 0.1) is 46.4 Å². The first kappa shape index (κ1) is 25.3. The number of ether oxygens (including phenoxy) is 3. The van der Waals surface area contributed by atoms with Crippen LogP contribution in [0.15, 0.2) is 55.0 Å². The summed E-state index contributed by atoms with van der Waals surface area (Å²) < 4.78 is 32.0. The van der Waals surface area contributed by atoms with E-state index in [0.29, 0.717) is 39.5 Å². The lowest BCUT2D eigenvalue weighted by molar-refractivity contribution is 0.0713.